The molecule has 0 aliphatic heterocycles. The summed E-state index contributed by atoms with van der Waals surface area (Å²) in [5.74, 6) is 0. The van der Waals surface area contributed by atoms with Gasteiger partial charge in [-0.3, -0.25) is 24.0 Å². The minimum absolute atomic E-state index is 0.00365. The molecule has 0 spiro atoms. The Hall–Kier alpha value is -4.50. The van der Waals surface area contributed by atoms with Gasteiger partial charge < -0.3 is 51.9 Å². The Bertz CT molecular complexity index is 3270. The fourth-order valence-electron chi connectivity index (χ4n) is 9.29. The first kappa shape index (κ1) is 80.5. The highest BCUT2D eigenvalue weighted by Crippen LogP contribution is 2.31. The molecular weight excluding hydrogens is 1190 g/mol. The van der Waals surface area contributed by atoms with Crippen LogP contribution < -0.4 is 79.1 Å². The lowest BCUT2D eigenvalue weighted by Crippen LogP contribution is -2.31. The van der Waals surface area contributed by atoms with E-state index in [2.05, 4.69) is 167 Å². The monoisotopic (exact) mass is 1300 g/mol. The van der Waals surface area contributed by atoms with Gasteiger partial charge in [-0.05, 0) is 119 Å². The fourth-order valence-corrected chi connectivity index (χ4v) is 10.9. The van der Waals surface area contributed by atoms with Crippen LogP contribution in [0.3, 0.4) is 0 Å². The zero-order chi connectivity index (χ0) is 67.2. The molecule has 87 heavy (non-hydrogen) atoms. The first-order valence-corrected chi connectivity index (χ1v) is 33.5. The molecule has 5 rings (SSSR count). The van der Waals surface area contributed by atoms with Gasteiger partial charge in [0.25, 0.3) is 0 Å². The van der Waals surface area contributed by atoms with Crippen molar-refractivity contribution < 1.29 is 0 Å². The molecule has 5 aromatic carbocycles. The zero-order valence-electron chi connectivity index (χ0n) is 57.9. The second-order valence-electron chi connectivity index (χ2n) is 28.8. The first-order chi connectivity index (χ1) is 40.1. The Morgan fingerprint density at radius 3 is 0.885 bits per heavy atom. The molecule has 0 amide bonds. The molecule has 0 bridgehead atoms. The van der Waals surface area contributed by atoms with E-state index in [1.165, 1.54) is 0 Å². The van der Waals surface area contributed by atoms with Crippen LogP contribution in [0.1, 0.15) is 196 Å². The molecule has 0 saturated carbocycles. The minimum Gasteiger partial charge on any atom is -0.385 e. The van der Waals surface area contributed by atoms with Crippen molar-refractivity contribution in [2.24, 2.45) is 27.1 Å². The summed E-state index contributed by atoms with van der Waals surface area (Å²) >= 11 is 25.2. The van der Waals surface area contributed by atoms with E-state index < -0.39 is 0 Å². The highest BCUT2D eigenvalue weighted by molar-refractivity contribution is 7.72. The number of hydrogen-bond donors (Lipinski definition) is 7. The molecule has 0 atom stereocenters. The summed E-state index contributed by atoms with van der Waals surface area (Å²) < 4.78 is 2.26. The highest BCUT2D eigenvalue weighted by atomic mass is 32.1. The molecule has 0 unspecified atom stereocenters. The average molecular weight is 1300 g/mol. The SMILES string of the molecule is CCN(C)c1c(NCCCC(C)(C)C)c(=O)c1=S.CCN(CC)c1c(NCCCC(C)(C)C)c(=O)c1=S.CCNc1c(NCCCC(C)(C)C)c(=O)c1=S.CN(C)c1c(NCCCC(C)(C)C)c(=O)c1=S.CNc1c(NCCCC(C)(C)C)c(=O)c1=S. The molecule has 7 N–H and O–H groups in total. The third-order valence-electron chi connectivity index (χ3n) is 14.5. The topological polar surface area (TPSA) is 179 Å². The molecule has 0 radical (unpaired) electrons. The van der Waals surface area contributed by atoms with Gasteiger partial charge in [-0.1, -0.05) is 165 Å². The van der Waals surface area contributed by atoms with Crippen molar-refractivity contribution in [1.82, 2.24) is 0 Å². The van der Waals surface area contributed by atoms with Gasteiger partial charge in [0, 0.05) is 87.1 Å². The van der Waals surface area contributed by atoms with Crippen molar-refractivity contribution in [3.63, 3.8) is 0 Å². The molecule has 0 aliphatic carbocycles. The van der Waals surface area contributed by atoms with Crippen LogP contribution in [0.25, 0.3) is 0 Å². The summed E-state index contributed by atoms with van der Waals surface area (Å²) in [6, 6.07) is 0. The molecule has 492 valence electrons. The van der Waals surface area contributed by atoms with E-state index in [1.54, 1.807) is 7.05 Å². The molecule has 5 aromatic rings. The quantitative estimate of drug-likeness (QED) is 0.0177. The van der Waals surface area contributed by atoms with Gasteiger partial charge in [0.15, 0.2) is 0 Å². The Labute approximate surface area is 549 Å². The second-order valence-corrected chi connectivity index (χ2v) is 30.8. The van der Waals surface area contributed by atoms with Crippen LogP contribution in [0.4, 0.5) is 56.9 Å². The maximum absolute atomic E-state index is 11.8. The summed E-state index contributed by atoms with van der Waals surface area (Å²) in [6.07, 6.45) is 11.0. The van der Waals surface area contributed by atoms with Gasteiger partial charge in [-0.15, -0.1) is 0 Å². The lowest BCUT2D eigenvalue weighted by Gasteiger charge is -2.26. The number of hydrogen-bond acceptors (Lipinski definition) is 20. The van der Waals surface area contributed by atoms with Gasteiger partial charge >= 0.3 is 0 Å². The normalized spacial score (nSPS) is 11.8. The van der Waals surface area contributed by atoms with Crippen molar-refractivity contribution in [1.29, 1.82) is 0 Å². The van der Waals surface area contributed by atoms with Gasteiger partial charge in [-0.2, -0.15) is 0 Å². The zero-order valence-corrected chi connectivity index (χ0v) is 61.9. The van der Waals surface area contributed by atoms with Crippen molar-refractivity contribution >= 4 is 118 Å². The van der Waals surface area contributed by atoms with Gasteiger partial charge in [0.05, 0.1) is 28.4 Å². The van der Waals surface area contributed by atoms with Crippen LogP contribution in [-0.4, -0.2) is 87.1 Å². The van der Waals surface area contributed by atoms with Crippen molar-refractivity contribution in [2.45, 2.75) is 196 Å². The van der Waals surface area contributed by atoms with Crippen LogP contribution in [0, 0.1) is 49.6 Å². The van der Waals surface area contributed by atoms with E-state index >= 15 is 0 Å². The molecule has 0 fully saturated rings. The molecular formula is C67H114N10O5S5. The maximum Gasteiger partial charge on any atom is 0.223 e. The lowest BCUT2D eigenvalue weighted by molar-refractivity contribution is 0.370. The Balaban J connectivity index is 0.000000544. The standard InChI is InChI=1S/C15H26N2OS.C14H24N2OS.2C13H22N2OS.C12H20N2OS/c1-6-17(7-2)12-11(13(18)14(12)19)16-10-8-9-15(3,4)5;1-6-16(5)11-10(12(17)13(11)18)15-9-7-8-14(2,3)4;1-13(2,3)7-6-8-14-9-10(15(4)5)12(17)11(9)16;1-5-14-10-9(11(16)12(10)17)15-8-6-7-13(2,3)4;1-12(2,3)6-5-7-14-8-9(13-4)11(16)10(8)15/h16H,6-10H2,1-5H3;15H,6-9H2,1-5H3;14H,6-8H2,1-5H3;14-15H,5-8H2,1-4H3;13-14H,5-7H2,1-4H3. The third-order valence-corrected chi connectivity index (χ3v) is 16.4. The van der Waals surface area contributed by atoms with Crippen LogP contribution in [0.2, 0.25) is 0 Å². The predicted octanol–water partition coefficient (Wildman–Crippen LogP) is 16.3. The molecule has 20 heteroatoms. The van der Waals surface area contributed by atoms with Crippen LogP contribution in [-0.2, 0) is 0 Å². The largest absolute Gasteiger partial charge is 0.385 e. The first-order valence-electron chi connectivity index (χ1n) is 31.5. The predicted molar refractivity (Wildman–Crippen MR) is 396 cm³/mol. The Morgan fingerprint density at radius 1 is 0.333 bits per heavy atom. The fraction of sp³-hybridized carbons (Fsp3) is 0.701. The minimum atomic E-state index is -0.0323. The highest BCUT2D eigenvalue weighted by Gasteiger charge is 2.24. The van der Waals surface area contributed by atoms with E-state index in [0.717, 1.165) is 157 Å². The molecule has 15 nitrogen and oxygen atoms in total. The van der Waals surface area contributed by atoms with Crippen molar-refractivity contribution in [3.8, 4) is 0 Å². The number of rotatable bonds is 29. The Kier molecular flexibility index (Phi) is 33.7. The van der Waals surface area contributed by atoms with E-state index in [-0.39, 0.29) is 27.1 Å². The van der Waals surface area contributed by atoms with E-state index in [0.29, 0.717) is 72.4 Å². The third kappa shape index (κ3) is 26.9. The second kappa shape index (κ2) is 36.4. The van der Waals surface area contributed by atoms with Crippen LogP contribution >= 0.6 is 61.1 Å². The van der Waals surface area contributed by atoms with E-state index in [4.69, 9.17) is 61.1 Å². The van der Waals surface area contributed by atoms with E-state index in [1.807, 2.05) is 37.9 Å². The van der Waals surface area contributed by atoms with Crippen molar-refractivity contribution in [2.75, 3.05) is 139 Å². The van der Waals surface area contributed by atoms with Crippen LogP contribution in [0.15, 0.2) is 24.0 Å². The Morgan fingerprint density at radius 2 is 0.598 bits per heavy atom. The number of nitrogens with one attached hydrogen (secondary N) is 7. The van der Waals surface area contributed by atoms with E-state index in [9.17, 15) is 24.0 Å². The molecule has 0 saturated heterocycles. The summed E-state index contributed by atoms with van der Waals surface area (Å²) in [5, 5.41) is 22.1. The summed E-state index contributed by atoms with van der Waals surface area (Å²) in [4.78, 5) is 64.1. The molecule has 0 aliphatic rings. The summed E-state index contributed by atoms with van der Waals surface area (Å²) in [5.41, 5.74) is 9.45. The maximum atomic E-state index is 11.8. The van der Waals surface area contributed by atoms with Gasteiger partial charge in [-0.25, -0.2) is 0 Å². The summed E-state index contributed by atoms with van der Waals surface area (Å²) in [6.45, 7) is 49.2. The van der Waals surface area contributed by atoms with Gasteiger partial charge in [0.1, 0.15) is 51.0 Å². The smallest absolute Gasteiger partial charge is 0.223 e. The van der Waals surface area contributed by atoms with Crippen molar-refractivity contribution in [3.05, 3.63) is 73.7 Å². The molecule has 0 heterocycles. The number of nitrogens with zero attached hydrogens (tertiary/aromatic N) is 3. The summed E-state index contributed by atoms with van der Waals surface area (Å²) in [7, 11) is 7.56. The molecule has 0 aromatic heterocycles. The lowest BCUT2D eigenvalue weighted by atomic mass is 9.90. The number of anilines is 10. The average Bonchev–Trinajstić information content (AvgIpc) is 1.60. The van der Waals surface area contributed by atoms with Crippen LogP contribution in [0.5, 0.6) is 0 Å². The van der Waals surface area contributed by atoms with Gasteiger partial charge in [0.2, 0.25) is 27.1 Å².